The van der Waals surface area contributed by atoms with Gasteiger partial charge in [0.1, 0.15) is 23.7 Å². The third kappa shape index (κ3) is 2.35. The van der Waals surface area contributed by atoms with E-state index in [0.29, 0.717) is 6.61 Å². The second-order valence-electron chi connectivity index (χ2n) is 4.67. The van der Waals surface area contributed by atoms with Gasteiger partial charge in [-0.2, -0.15) is 0 Å². The molecule has 3 rings (SSSR count). The number of benzene rings is 2. The van der Waals surface area contributed by atoms with E-state index in [2.05, 4.69) is 13.0 Å². The molecule has 0 aliphatic carbocycles. The summed E-state index contributed by atoms with van der Waals surface area (Å²) in [4.78, 5) is 0. The van der Waals surface area contributed by atoms with Gasteiger partial charge in [0.15, 0.2) is 0 Å². The van der Waals surface area contributed by atoms with Crippen molar-refractivity contribution >= 4 is 11.0 Å². The zero-order chi connectivity index (χ0) is 13.9. The molecule has 0 saturated heterocycles. The number of ether oxygens (including phenoxy) is 2. The molecule has 0 radical (unpaired) electrons. The third-order valence-corrected chi connectivity index (χ3v) is 3.34. The summed E-state index contributed by atoms with van der Waals surface area (Å²) in [5.41, 5.74) is 3.16. The molecule has 3 nitrogen and oxygen atoms in total. The molecule has 0 aliphatic rings. The van der Waals surface area contributed by atoms with Crippen LogP contribution in [-0.2, 0) is 6.61 Å². The number of fused-ring (bicyclic) bond motifs is 1. The summed E-state index contributed by atoms with van der Waals surface area (Å²) in [5.74, 6) is 1.63. The highest BCUT2D eigenvalue weighted by Crippen LogP contribution is 2.26. The van der Waals surface area contributed by atoms with Gasteiger partial charge in [-0.3, -0.25) is 0 Å². The first-order valence-electron chi connectivity index (χ1n) is 6.50. The van der Waals surface area contributed by atoms with E-state index in [1.165, 1.54) is 5.56 Å². The van der Waals surface area contributed by atoms with Crippen LogP contribution in [0.4, 0.5) is 0 Å². The van der Waals surface area contributed by atoms with Crippen molar-refractivity contribution in [2.45, 2.75) is 13.5 Å². The molecule has 1 heterocycles. The average molecular weight is 268 g/mol. The van der Waals surface area contributed by atoms with E-state index in [4.69, 9.17) is 13.9 Å². The summed E-state index contributed by atoms with van der Waals surface area (Å²) in [6.07, 6.45) is 1.77. The molecule has 2 aromatic carbocycles. The SMILES string of the molecule is COc1ccc(OCc2coc3cccc(C)c23)cc1. The molecule has 1 aromatic heterocycles. The van der Waals surface area contributed by atoms with Crippen LogP contribution < -0.4 is 9.47 Å². The first kappa shape index (κ1) is 12.6. The fraction of sp³-hybridized carbons (Fsp3) is 0.176. The zero-order valence-corrected chi connectivity index (χ0v) is 11.6. The Balaban J connectivity index is 1.79. The van der Waals surface area contributed by atoms with Crippen LogP contribution in [0.3, 0.4) is 0 Å². The van der Waals surface area contributed by atoms with E-state index in [0.717, 1.165) is 28.0 Å². The summed E-state index contributed by atoms with van der Waals surface area (Å²) < 4.78 is 16.5. The van der Waals surface area contributed by atoms with Gasteiger partial charge in [-0.1, -0.05) is 12.1 Å². The van der Waals surface area contributed by atoms with E-state index in [9.17, 15) is 0 Å². The minimum atomic E-state index is 0.490. The molecular weight excluding hydrogens is 252 g/mol. The van der Waals surface area contributed by atoms with Gasteiger partial charge in [0.25, 0.3) is 0 Å². The molecule has 0 spiro atoms. The molecule has 0 fully saturated rings. The molecule has 0 amide bonds. The predicted molar refractivity (Wildman–Crippen MR) is 78.3 cm³/mol. The molecule has 3 heteroatoms. The van der Waals surface area contributed by atoms with Gasteiger partial charge in [-0.15, -0.1) is 0 Å². The van der Waals surface area contributed by atoms with Crippen molar-refractivity contribution < 1.29 is 13.9 Å². The van der Waals surface area contributed by atoms with Gasteiger partial charge < -0.3 is 13.9 Å². The maximum Gasteiger partial charge on any atom is 0.134 e. The topological polar surface area (TPSA) is 31.6 Å². The maximum absolute atomic E-state index is 5.80. The average Bonchev–Trinajstić information content (AvgIpc) is 2.90. The van der Waals surface area contributed by atoms with Crippen molar-refractivity contribution in [2.75, 3.05) is 7.11 Å². The van der Waals surface area contributed by atoms with Crippen LogP contribution in [0, 0.1) is 6.92 Å². The van der Waals surface area contributed by atoms with Gasteiger partial charge in [0.2, 0.25) is 0 Å². The molecule has 0 N–H and O–H groups in total. The van der Waals surface area contributed by atoms with Crippen LogP contribution in [0.5, 0.6) is 11.5 Å². The highest BCUT2D eigenvalue weighted by Gasteiger charge is 2.08. The summed E-state index contributed by atoms with van der Waals surface area (Å²) in [6.45, 7) is 2.57. The second kappa shape index (κ2) is 5.29. The molecule has 102 valence electrons. The molecule has 0 atom stereocenters. The van der Waals surface area contributed by atoms with Crippen LogP contribution in [0.2, 0.25) is 0 Å². The monoisotopic (exact) mass is 268 g/mol. The third-order valence-electron chi connectivity index (χ3n) is 3.34. The van der Waals surface area contributed by atoms with Gasteiger partial charge in [0, 0.05) is 10.9 Å². The standard InChI is InChI=1S/C17H16O3/c1-12-4-3-5-16-17(12)13(11-20-16)10-19-15-8-6-14(18-2)7-9-15/h3-9,11H,10H2,1-2H3. The van der Waals surface area contributed by atoms with E-state index in [1.807, 2.05) is 36.4 Å². The number of rotatable bonds is 4. The minimum Gasteiger partial charge on any atom is -0.497 e. The zero-order valence-electron chi connectivity index (χ0n) is 11.6. The van der Waals surface area contributed by atoms with E-state index < -0.39 is 0 Å². The first-order chi connectivity index (χ1) is 9.78. The Bertz CT molecular complexity index is 711. The maximum atomic E-state index is 5.80. The number of hydrogen-bond donors (Lipinski definition) is 0. The summed E-state index contributed by atoms with van der Waals surface area (Å²) >= 11 is 0. The lowest BCUT2D eigenvalue weighted by Gasteiger charge is -2.06. The Morgan fingerprint density at radius 3 is 2.50 bits per heavy atom. The Labute approximate surface area is 117 Å². The van der Waals surface area contributed by atoms with Crippen molar-refractivity contribution in [3.05, 3.63) is 59.9 Å². The number of hydrogen-bond acceptors (Lipinski definition) is 3. The highest BCUT2D eigenvalue weighted by molar-refractivity contribution is 5.84. The van der Waals surface area contributed by atoms with Crippen molar-refractivity contribution in [1.29, 1.82) is 0 Å². The van der Waals surface area contributed by atoms with Crippen molar-refractivity contribution in [1.82, 2.24) is 0 Å². The molecule has 0 bridgehead atoms. The lowest BCUT2D eigenvalue weighted by Crippen LogP contribution is -1.95. The van der Waals surface area contributed by atoms with Gasteiger partial charge in [-0.05, 0) is 42.8 Å². The lowest BCUT2D eigenvalue weighted by atomic mass is 10.1. The van der Waals surface area contributed by atoms with Gasteiger partial charge in [-0.25, -0.2) is 0 Å². The first-order valence-corrected chi connectivity index (χ1v) is 6.50. The van der Waals surface area contributed by atoms with Crippen molar-refractivity contribution in [3.8, 4) is 11.5 Å². The fourth-order valence-corrected chi connectivity index (χ4v) is 2.28. The van der Waals surface area contributed by atoms with Crippen LogP contribution >= 0.6 is 0 Å². The van der Waals surface area contributed by atoms with E-state index >= 15 is 0 Å². The second-order valence-corrected chi connectivity index (χ2v) is 4.67. The summed E-state index contributed by atoms with van der Waals surface area (Å²) in [7, 11) is 1.65. The Hall–Kier alpha value is -2.42. The van der Waals surface area contributed by atoms with E-state index in [-0.39, 0.29) is 0 Å². The minimum absolute atomic E-state index is 0.490. The van der Waals surface area contributed by atoms with Crippen LogP contribution in [0.1, 0.15) is 11.1 Å². The normalized spacial score (nSPS) is 10.7. The molecule has 0 saturated carbocycles. The number of methoxy groups -OCH3 is 1. The highest BCUT2D eigenvalue weighted by atomic mass is 16.5. The summed E-state index contributed by atoms with van der Waals surface area (Å²) in [5, 5.41) is 1.14. The molecule has 0 unspecified atom stereocenters. The van der Waals surface area contributed by atoms with Crippen LogP contribution in [0.15, 0.2) is 53.1 Å². The van der Waals surface area contributed by atoms with Gasteiger partial charge >= 0.3 is 0 Å². The molecular formula is C17H16O3. The van der Waals surface area contributed by atoms with Crippen molar-refractivity contribution in [3.63, 3.8) is 0 Å². The predicted octanol–water partition coefficient (Wildman–Crippen LogP) is 4.33. The summed E-state index contributed by atoms with van der Waals surface area (Å²) in [6, 6.07) is 13.6. The Morgan fingerprint density at radius 1 is 1.00 bits per heavy atom. The molecule has 0 aliphatic heterocycles. The van der Waals surface area contributed by atoms with Crippen LogP contribution in [-0.4, -0.2) is 7.11 Å². The van der Waals surface area contributed by atoms with Crippen molar-refractivity contribution in [2.24, 2.45) is 0 Å². The fourth-order valence-electron chi connectivity index (χ4n) is 2.28. The Morgan fingerprint density at radius 2 is 1.75 bits per heavy atom. The van der Waals surface area contributed by atoms with E-state index in [1.54, 1.807) is 13.4 Å². The quantitative estimate of drug-likeness (QED) is 0.705. The molecule has 20 heavy (non-hydrogen) atoms. The smallest absolute Gasteiger partial charge is 0.134 e. The van der Waals surface area contributed by atoms with Gasteiger partial charge in [0.05, 0.1) is 13.4 Å². The lowest BCUT2D eigenvalue weighted by molar-refractivity contribution is 0.305. The van der Waals surface area contributed by atoms with Crippen LogP contribution in [0.25, 0.3) is 11.0 Å². The number of furan rings is 1. The number of aryl methyl sites for hydroxylation is 1. The molecule has 3 aromatic rings. The largest absolute Gasteiger partial charge is 0.497 e. The Kier molecular flexibility index (Phi) is 3.33.